The van der Waals surface area contributed by atoms with E-state index >= 15 is 0 Å². The Bertz CT molecular complexity index is 1160. The zero-order valence-electron chi connectivity index (χ0n) is 15.7. The van der Waals surface area contributed by atoms with Crippen LogP contribution in [0, 0.1) is 20.8 Å². The number of fused-ring (bicyclic) bond motifs is 1. The molecule has 1 amide bonds. The van der Waals surface area contributed by atoms with Crippen molar-refractivity contribution < 1.29 is 4.79 Å². The van der Waals surface area contributed by atoms with Gasteiger partial charge in [0.1, 0.15) is 5.65 Å². The molecule has 1 N–H and O–H groups in total. The van der Waals surface area contributed by atoms with Crippen LogP contribution in [0.4, 0.5) is 5.69 Å². The molecule has 0 bridgehead atoms. The summed E-state index contributed by atoms with van der Waals surface area (Å²) in [6, 6.07) is 17.7. The molecule has 2 aromatic heterocycles. The Balaban J connectivity index is 1.68. The Morgan fingerprint density at radius 2 is 1.81 bits per heavy atom. The molecule has 0 unspecified atom stereocenters. The molecule has 0 atom stereocenters. The number of aryl methyl sites for hydroxylation is 3. The van der Waals surface area contributed by atoms with Crippen LogP contribution >= 0.6 is 0 Å². The van der Waals surface area contributed by atoms with Crippen molar-refractivity contribution >= 4 is 17.2 Å². The van der Waals surface area contributed by atoms with Crippen LogP contribution in [0.15, 0.2) is 67.0 Å². The van der Waals surface area contributed by atoms with Gasteiger partial charge in [0.2, 0.25) is 0 Å². The molecule has 2 heterocycles. The van der Waals surface area contributed by atoms with Gasteiger partial charge in [-0.3, -0.25) is 4.79 Å². The van der Waals surface area contributed by atoms with E-state index in [1.54, 1.807) is 0 Å². The fourth-order valence-electron chi connectivity index (χ4n) is 3.19. The maximum absolute atomic E-state index is 12.6. The summed E-state index contributed by atoms with van der Waals surface area (Å²) in [5.41, 5.74) is 7.46. The minimum Gasteiger partial charge on any atom is -0.322 e. The third kappa shape index (κ3) is 3.34. The van der Waals surface area contributed by atoms with Crippen molar-refractivity contribution in [3.63, 3.8) is 0 Å². The maximum atomic E-state index is 12.6. The maximum Gasteiger partial charge on any atom is 0.255 e. The molecule has 4 rings (SSSR count). The van der Waals surface area contributed by atoms with Crippen molar-refractivity contribution in [1.29, 1.82) is 0 Å². The van der Waals surface area contributed by atoms with Gasteiger partial charge in [-0.1, -0.05) is 35.9 Å². The quantitative estimate of drug-likeness (QED) is 0.550. The van der Waals surface area contributed by atoms with Gasteiger partial charge in [-0.15, -0.1) is 0 Å². The Kier molecular flexibility index (Phi) is 4.24. The standard InChI is InChI=1S/C23H21N3O/c1-15-6-4-8-19(12-15)23(27)25-20-13-18(10-9-16(20)2)21-14-26-11-5-7-17(3)22(26)24-21/h4-14H,1-3H3,(H,25,27). The largest absolute Gasteiger partial charge is 0.322 e. The lowest BCUT2D eigenvalue weighted by Crippen LogP contribution is -2.13. The minimum absolute atomic E-state index is 0.107. The fraction of sp³-hybridized carbons (Fsp3) is 0.130. The third-order valence-electron chi connectivity index (χ3n) is 4.74. The van der Waals surface area contributed by atoms with Crippen LogP contribution in [0.2, 0.25) is 0 Å². The number of aromatic nitrogens is 2. The molecule has 4 nitrogen and oxygen atoms in total. The number of pyridine rings is 1. The van der Waals surface area contributed by atoms with Crippen molar-refractivity contribution in [2.45, 2.75) is 20.8 Å². The molecule has 0 spiro atoms. The molecule has 0 saturated heterocycles. The predicted octanol–water partition coefficient (Wildman–Crippen LogP) is 5.18. The van der Waals surface area contributed by atoms with Crippen LogP contribution in [-0.2, 0) is 0 Å². The van der Waals surface area contributed by atoms with Gasteiger partial charge in [-0.25, -0.2) is 4.98 Å². The van der Waals surface area contributed by atoms with Crippen molar-refractivity contribution in [1.82, 2.24) is 9.38 Å². The Hall–Kier alpha value is -3.40. The van der Waals surface area contributed by atoms with Gasteiger partial charge in [-0.05, 0) is 56.2 Å². The number of nitrogens with zero attached hydrogens (tertiary/aromatic N) is 2. The van der Waals surface area contributed by atoms with Gasteiger partial charge in [0, 0.05) is 29.2 Å². The molecule has 2 aromatic carbocycles. The first-order chi connectivity index (χ1) is 13.0. The number of carbonyl (C=O) groups is 1. The summed E-state index contributed by atoms with van der Waals surface area (Å²) >= 11 is 0. The zero-order valence-corrected chi connectivity index (χ0v) is 15.7. The number of hydrogen-bond acceptors (Lipinski definition) is 2. The van der Waals surface area contributed by atoms with E-state index in [4.69, 9.17) is 4.98 Å². The van der Waals surface area contributed by atoms with Crippen LogP contribution in [0.1, 0.15) is 27.0 Å². The fourth-order valence-corrected chi connectivity index (χ4v) is 3.19. The van der Waals surface area contributed by atoms with Gasteiger partial charge in [0.25, 0.3) is 5.91 Å². The minimum atomic E-state index is -0.107. The van der Waals surface area contributed by atoms with E-state index in [2.05, 4.69) is 18.3 Å². The van der Waals surface area contributed by atoms with E-state index in [0.717, 1.165) is 39.3 Å². The van der Waals surface area contributed by atoms with E-state index in [-0.39, 0.29) is 5.91 Å². The Morgan fingerprint density at radius 3 is 2.59 bits per heavy atom. The molecule has 4 heteroatoms. The average molecular weight is 355 g/mol. The first-order valence-corrected chi connectivity index (χ1v) is 8.94. The predicted molar refractivity (Wildman–Crippen MR) is 109 cm³/mol. The molecule has 0 aliphatic rings. The van der Waals surface area contributed by atoms with Crippen molar-refractivity contribution in [2.24, 2.45) is 0 Å². The van der Waals surface area contributed by atoms with E-state index in [9.17, 15) is 4.79 Å². The summed E-state index contributed by atoms with van der Waals surface area (Å²) in [7, 11) is 0. The molecule has 0 fully saturated rings. The van der Waals surface area contributed by atoms with E-state index < -0.39 is 0 Å². The highest BCUT2D eigenvalue weighted by atomic mass is 16.1. The average Bonchev–Trinajstić information content (AvgIpc) is 3.09. The highest BCUT2D eigenvalue weighted by Crippen LogP contribution is 2.26. The number of imidazole rings is 1. The molecule has 134 valence electrons. The van der Waals surface area contributed by atoms with Gasteiger partial charge in [0.05, 0.1) is 5.69 Å². The molecule has 0 aliphatic heterocycles. The molecule has 0 aliphatic carbocycles. The van der Waals surface area contributed by atoms with Crippen molar-refractivity contribution in [3.05, 3.63) is 89.2 Å². The Morgan fingerprint density at radius 1 is 0.963 bits per heavy atom. The normalized spacial score (nSPS) is 10.9. The summed E-state index contributed by atoms with van der Waals surface area (Å²) < 4.78 is 2.02. The summed E-state index contributed by atoms with van der Waals surface area (Å²) in [4.78, 5) is 17.4. The molecule has 27 heavy (non-hydrogen) atoms. The topological polar surface area (TPSA) is 46.4 Å². The SMILES string of the molecule is Cc1cccc(C(=O)Nc2cc(-c3cn4cccc(C)c4n3)ccc2C)c1. The van der Waals surface area contributed by atoms with Crippen LogP contribution in [0.25, 0.3) is 16.9 Å². The van der Waals surface area contributed by atoms with Crippen LogP contribution in [-0.4, -0.2) is 15.3 Å². The van der Waals surface area contributed by atoms with Crippen molar-refractivity contribution in [2.75, 3.05) is 5.32 Å². The number of anilines is 1. The summed E-state index contributed by atoms with van der Waals surface area (Å²) in [6.07, 6.45) is 4.01. The van der Waals surface area contributed by atoms with Gasteiger partial charge in [-0.2, -0.15) is 0 Å². The lowest BCUT2D eigenvalue weighted by molar-refractivity contribution is 0.102. The van der Waals surface area contributed by atoms with Crippen LogP contribution < -0.4 is 5.32 Å². The second-order valence-corrected chi connectivity index (χ2v) is 6.90. The second-order valence-electron chi connectivity index (χ2n) is 6.90. The van der Waals surface area contributed by atoms with Crippen LogP contribution in [0.3, 0.4) is 0 Å². The number of nitrogens with one attached hydrogen (secondary N) is 1. The molecule has 0 radical (unpaired) electrons. The molecule has 4 aromatic rings. The monoisotopic (exact) mass is 355 g/mol. The van der Waals surface area contributed by atoms with E-state index in [0.29, 0.717) is 5.56 Å². The second kappa shape index (κ2) is 6.72. The lowest BCUT2D eigenvalue weighted by Gasteiger charge is -2.10. The first kappa shape index (κ1) is 17.0. The number of amides is 1. The smallest absolute Gasteiger partial charge is 0.255 e. The van der Waals surface area contributed by atoms with Gasteiger partial charge >= 0.3 is 0 Å². The number of benzene rings is 2. The van der Waals surface area contributed by atoms with Gasteiger partial charge < -0.3 is 9.72 Å². The zero-order chi connectivity index (χ0) is 19.0. The number of carbonyl (C=O) groups excluding carboxylic acids is 1. The highest BCUT2D eigenvalue weighted by Gasteiger charge is 2.11. The first-order valence-electron chi connectivity index (χ1n) is 8.94. The molecule has 0 saturated carbocycles. The van der Waals surface area contributed by atoms with E-state index in [1.165, 1.54) is 0 Å². The molecular formula is C23H21N3O. The summed E-state index contributed by atoms with van der Waals surface area (Å²) in [5.74, 6) is -0.107. The Labute approximate surface area is 158 Å². The molecular weight excluding hydrogens is 334 g/mol. The number of rotatable bonds is 3. The van der Waals surface area contributed by atoms with E-state index in [1.807, 2.05) is 79.2 Å². The summed E-state index contributed by atoms with van der Waals surface area (Å²) in [5, 5.41) is 3.04. The number of hydrogen-bond donors (Lipinski definition) is 1. The summed E-state index contributed by atoms with van der Waals surface area (Å²) in [6.45, 7) is 6.02. The van der Waals surface area contributed by atoms with Crippen LogP contribution in [0.5, 0.6) is 0 Å². The van der Waals surface area contributed by atoms with Crippen molar-refractivity contribution in [3.8, 4) is 11.3 Å². The third-order valence-corrected chi connectivity index (χ3v) is 4.74. The highest BCUT2D eigenvalue weighted by molar-refractivity contribution is 6.05. The lowest BCUT2D eigenvalue weighted by atomic mass is 10.1. The van der Waals surface area contributed by atoms with Gasteiger partial charge in [0.15, 0.2) is 0 Å².